The van der Waals surface area contributed by atoms with Crippen LogP contribution in [0.25, 0.3) is 0 Å². The van der Waals surface area contributed by atoms with Crippen molar-refractivity contribution in [3.8, 4) is 0 Å². The van der Waals surface area contributed by atoms with Gasteiger partial charge in [-0.05, 0) is 45.3 Å². The zero-order valence-corrected chi connectivity index (χ0v) is 20.0. The molecule has 10 nitrogen and oxygen atoms in total. The normalized spacial score (nSPS) is 11.5. The molecule has 0 bridgehead atoms. The summed E-state index contributed by atoms with van der Waals surface area (Å²) in [7, 11) is -0.564. The van der Waals surface area contributed by atoms with E-state index >= 15 is 0 Å². The number of aromatic nitrogens is 1. The van der Waals surface area contributed by atoms with Crippen molar-refractivity contribution in [2.45, 2.75) is 18.0 Å². The van der Waals surface area contributed by atoms with Crippen LogP contribution in [0.15, 0.2) is 35.4 Å². The van der Waals surface area contributed by atoms with E-state index in [1.807, 2.05) is 25.9 Å². The second-order valence-corrected chi connectivity index (χ2v) is 8.95. The summed E-state index contributed by atoms with van der Waals surface area (Å²) in [5, 5.41) is 16.4. The number of pyridine rings is 1. The molecule has 0 saturated carbocycles. The number of anilines is 2. The minimum Gasteiger partial charge on any atom is -0.478 e. The number of hydrogen-bond donors (Lipinski definition) is 3. The molecular formula is C20H23F5N4O6S. The molecule has 1 aromatic heterocycles. The van der Waals surface area contributed by atoms with Crippen molar-refractivity contribution >= 4 is 33.5 Å². The predicted octanol–water partition coefficient (Wildman–Crippen LogP) is 2.88. The van der Waals surface area contributed by atoms with Crippen molar-refractivity contribution in [1.82, 2.24) is 9.88 Å². The molecule has 16 heteroatoms. The summed E-state index contributed by atoms with van der Waals surface area (Å²) in [5.74, 6) is -6.31. The first-order chi connectivity index (χ1) is 16.5. The topological polar surface area (TPSA) is 140 Å². The third kappa shape index (κ3) is 8.92. The number of sulfonamides is 1. The van der Waals surface area contributed by atoms with Gasteiger partial charge >= 0.3 is 18.1 Å². The molecule has 2 rings (SSSR count). The molecule has 0 amide bonds. The lowest BCUT2D eigenvalue weighted by atomic mass is 10.2. The summed E-state index contributed by atoms with van der Waals surface area (Å²) in [4.78, 5) is 27.5. The zero-order chi connectivity index (χ0) is 27.8. The molecule has 2 aromatic rings. The fourth-order valence-corrected chi connectivity index (χ4v) is 3.55. The number of nitrogens with zero attached hydrogens (tertiary/aromatic N) is 3. The van der Waals surface area contributed by atoms with Crippen LogP contribution in [0.1, 0.15) is 17.3 Å². The van der Waals surface area contributed by atoms with Gasteiger partial charge in [-0.15, -0.1) is 0 Å². The minimum absolute atomic E-state index is 0.0739. The Labute approximate surface area is 203 Å². The van der Waals surface area contributed by atoms with Crippen molar-refractivity contribution in [3.05, 3.63) is 47.7 Å². The first kappa shape index (κ1) is 30.5. The maximum Gasteiger partial charge on any atom is 0.490 e. The van der Waals surface area contributed by atoms with Crippen LogP contribution in [0.3, 0.4) is 0 Å². The van der Waals surface area contributed by atoms with E-state index in [1.54, 1.807) is 4.90 Å². The van der Waals surface area contributed by atoms with Gasteiger partial charge in [0.15, 0.2) is 17.5 Å². The van der Waals surface area contributed by atoms with Gasteiger partial charge in [-0.25, -0.2) is 31.8 Å². The second-order valence-electron chi connectivity index (χ2n) is 7.27. The molecule has 0 aliphatic heterocycles. The molecule has 3 N–H and O–H groups in total. The van der Waals surface area contributed by atoms with Crippen LogP contribution in [0.5, 0.6) is 0 Å². The van der Waals surface area contributed by atoms with E-state index in [0.29, 0.717) is 31.8 Å². The number of rotatable bonds is 9. The summed E-state index contributed by atoms with van der Waals surface area (Å²) in [5.41, 5.74) is -0.296. The van der Waals surface area contributed by atoms with Crippen LogP contribution in [0, 0.1) is 11.6 Å². The number of aliphatic carboxylic acids is 1. The summed E-state index contributed by atoms with van der Waals surface area (Å²) in [6.45, 7) is 3.47. The number of carboxylic acid groups (broad SMARTS) is 2. The van der Waals surface area contributed by atoms with Gasteiger partial charge in [0.1, 0.15) is 0 Å². The molecule has 0 atom stereocenters. The second kappa shape index (κ2) is 12.4. The Kier molecular flexibility index (Phi) is 10.5. The van der Waals surface area contributed by atoms with E-state index in [4.69, 9.17) is 9.90 Å². The highest BCUT2D eigenvalue weighted by molar-refractivity contribution is 7.92. The Morgan fingerprint density at radius 3 is 2.08 bits per heavy atom. The van der Waals surface area contributed by atoms with E-state index in [9.17, 15) is 40.3 Å². The number of carbonyl (C=O) groups is 2. The van der Waals surface area contributed by atoms with Crippen molar-refractivity contribution in [2.24, 2.45) is 0 Å². The van der Waals surface area contributed by atoms with Crippen LogP contribution >= 0.6 is 0 Å². The summed E-state index contributed by atoms with van der Waals surface area (Å²) in [6, 6.07) is 3.31. The number of hydrogen-bond acceptors (Lipinski definition) is 7. The van der Waals surface area contributed by atoms with Gasteiger partial charge in [0.25, 0.3) is 10.0 Å². The fourth-order valence-electron chi connectivity index (χ4n) is 2.48. The Balaban J connectivity index is 0.000000809. The van der Waals surface area contributed by atoms with Crippen molar-refractivity contribution in [3.63, 3.8) is 0 Å². The van der Waals surface area contributed by atoms with Gasteiger partial charge in [0.05, 0.1) is 16.1 Å². The van der Waals surface area contributed by atoms with Crippen molar-refractivity contribution < 1.29 is 50.2 Å². The highest BCUT2D eigenvalue weighted by Gasteiger charge is 2.38. The van der Waals surface area contributed by atoms with Gasteiger partial charge < -0.3 is 20.0 Å². The maximum absolute atomic E-state index is 13.5. The number of carboxylic acids is 2. The van der Waals surface area contributed by atoms with Crippen LogP contribution in [0.2, 0.25) is 0 Å². The van der Waals surface area contributed by atoms with E-state index in [2.05, 4.69) is 9.71 Å². The molecule has 36 heavy (non-hydrogen) atoms. The zero-order valence-electron chi connectivity index (χ0n) is 19.2. The Morgan fingerprint density at radius 1 is 1.06 bits per heavy atom. The lowest BCUT2D eigenvalue weighted by Gasteiger charge is -2.26. The van der Waals surface area contributed by atoms with Crippen molar-refractivity contribution in [1.29, 1.82) is 0 Å². The molecule has 0 spiro atoms. The average molecular weight is 542 g/mol. The summed E-state index contributed by atoms with van der Waals surface area (Å²) >= 11 is 0. The SMILES string of the molecule is CCN(CCN(C)C)c1ncc(C(=O)O)cc1NS(=O)(=O)c1ccc(F)c(F)c1.O=C(O)C(F)(F)F. The molecule has 0 unspecified atom stereocenters. The number of likely N-dealkylation sites (N-methyl/N-ethyl adjacent to an activating group) is 2. The van der Waals surface area contributed by atoms with Crippen LogP contribution < -0.4 is 9.62 Å². The Bertz CT molecular complexity index is 1190. The molecule has 0 saturated heterocycles. The monoisotopic (exact) mass is 542 g/mol. The Hall–Kier alpha value is -3.53. The molecule has 0 aliphatic carbocycles. The lowest BCUT2D eigenvalue weighted by Crippen LogP contribution is -2.33. The van der Waals surface area contributed by atoms with Gasteiger partial charge in [-0.1, -0.05) is 0 Å². The summed E-state index contributed by atoms with van der Waals surface area (Å²) in [6.07, 6.45) is -3.95. The van der Waals surface area contributed by atoms with Crippen LogP contribution in [0.4, 0.5) is 33.5 Å². The Morgan fingerprint density at radius 2 is 1.64 bits per heavy atom. The van der Waals surface area contributed by atoms with Gasteiger partial charge in [0.2, 0.25) is 0 Å². The standard InChI is InChI=1S/C18H22F2N4O4S.C2HF3O2/c1-4-24(8-7-23(2)3)17-16(9-12(11-21-17)18(25)26)22-29(27,28)13-5-6-14(19)15(20)10-13;3-2(4,5)1(6)7/h5-6,9-11,22H,4,7-8H2,1-3H3,(H,25,26);(H,6,7). The fraction of sp³-hybridized carbons (Fsp3) is 0.350. The molecule has 1 heterocycles. The smallest absolute Gasteiger partial charge is 0.478 e. The molecule has 0 radical (unpaired) electrons. The number of benzene rings is 1. The predicted molar refractivity (Wildman–Crippen MR) is 118 cm³/mol. The summed E-state index contributed by atoms with van der Waals surface area (Å²) < 4.78 is 86.0. The third-order valence-corrected chi connectivity index (χ3v) is 5.66. The molecule has 0 aliphatic rings. The van der Waals surface area contributed by atoms with Crippen LogP contribution in [-0.2, 0) is 14.8 Å². The third-order valence-electron chi connectivity index (χ3n) is 4.30. The first-order valence-corrected chi connectivity index (χ1v) is 11.4. The molecule has 1 aromatic carbocycles. The first-order valence-electron chi connectivity index (χ1n) is 9.90. The highest BCUT2D eigenvalue weighted by atomic mass is 32.2. The van der Waals surface area contributed by atoms with Gasteiger partial charge in [-0.3, -0.25) is 4.72 Å². The van der Waals surface area contributed by atoms with Crippen LogP contribution in [-0.4, -0.2) is 80.4 Å². The maximum atomic E-state index is 13.5. The largest absolute Gasteiger partial charge is 0.490 e. The number of nitrogens with one attached hydrogen (secondary N) is 1. The van der Waals surface area contributed by atoms with E-state index in [-0.39, 0.29) is 17.1 Å². The molecule has 0 fully saturated rings. The van der Waals surface area contributed by atoms with Gasteiger partial charge in [-0.2, -0.15) is 13.2 Å². The number of alkyl halides is 3. The average Bonchev–Trinajstić information content (AvgIpc) is 2.76. The number of halogens is 5. The quantitative estimate of drug-likeness (QED) is 0.408. The van der Waals surface area contributed by atoms with E-state index in [1.165, 1.54) is 0 Å². The van der Waals surface area contributed by atoms with Gasteiger partial charge in [0, 0.05) is 25.8 Å². The molecule has 200 valence electrons. The highest BCUT2D eigenvalue weighted by Crippen LogP contribution is 2.27. The lowest BCUT2D eigenvalue weighted by molar-refractivity contribution is -0.192. The van der Waals surface area contributed by atoms with E-state index < -0.39 is 44.7 Å². The van der Waals surface area contributed by atoms with E-state index in [0.717, 1.165) is 18.3 Å². The molecular weight excluding hydrogens is 519 g/mol. The number of aromatic carboxylic acids is 1. The minimum atomic E-state index is -5.08. The van der Waals surface area contributed by atoms with Crippen molar-refractivity contribution in [2.75, 3.05) is 43.4 Å².